The number of amides is 3. The van der Waals surface area contributed by atoms with E-state index in [4.69, 9.17) is 15.2 Å². The van der Waals surface area contributed by atoms with Gasteiger partial charge in [-0.05, 0) is 49.4 Å². The van der Waals surface area contributed by atoms with Crippen LogP contribution in [0.1, 0.15) is 40.0 Å². The van der Waals surface area contributed by atoms with Crippen molar-refractivity contribution in [1.82, 2.24) is 10.2 Å². The highest BCUT2D eigenvalue weighted by atomic mass is 32.2. The summed E-state index contributed by atoms with van der Waals surface area (Å²) in [5.41, 5.74) is 7.58. The van der Waals surface area contributed by atoms with Gasteiger partial charge in [-0.25, -0.2) is 0 Å². The molecular formula is C28H36N4O6S. The van der Waals surface area contributed by atoms with Crippen LogP contribution in [0.25, 0.3) is 0 Å². The van der Waals surface area contributed by atoms with Gasteiger partial charge in [0, 0.05) is 15.9 Å². The van der Waals surface area contributed by atoms with E-state index in [1.165, 1.54) is 4.90 Å². The average molecular weight is 557 g/mol. The van der Waals surface area contributed by atoms with Crippen molar-refractivity contribution in [2.75, 3.05) is 18.5 Å². The van der Waals surface area contributed by atoms with E-state index in [9.17, 15) is 19.5 Å². The van der Waals surface area contributed by atoms with Gasteiger partial charge in [-0.2, -0.15) is 0 Å². The average Bonchev–Trinajstić information content (AvgIpc) is 3.33. The predicted molar refractivity (Wildman–Crippen MR) is 148 cm³/mol. The van der Waals surface area contributed by atoms with E-state index in [-0.39, 0.29) is 25.6 Å². The van der Waals surface area contributed by atoms with Crippen molar-refractivity contribution in [3.8, 4) is 5.75 Å². The number of nitrogens with two attached hydrogens (primary N) is 1. The Balaban J connectivity index is 1.42. The zero-order chi connectivity index (χ0) is 28.1. The Morgan fingerprint density at radius 3 is 2.62 bits per heavy atom. The summed E-state index contributed by atoms with van der Waals surface area (Å²) in [5.74, 6) is -1.06. The first-order valence-electron chi connectivity index (χ1n) is 13.2. The van der Waals surface area contributed by atoms with Gasteiger partial charge >= 0.3 is 0 Å². The summed E-state index contributed by atoms with van der Waals surface area (Å²) in [7, 11) is 0. The zero-order valence-corrected chi connectivity index (χ0v) is 23.2. The van der Waals surface area contributed by atoms with Gasteiger partial charge in [-0.3, -0.25) is 14.4 Å². The standard InChI is InChI=1S/C28H36N4O6S/c1-4-18(27(35)32(21-11-12-37-28(21)36)22(26(29)34)13-16(2)3)31-25(33)15-38-17-9-10-24-20(14-17)30-19-7-5-6-8-23(19)39-24/h5-10,14,16,18,21-22,28,30,36H,4,11-13,15H2,1-3H3,(H2,29,34)(H,31,33)/t18-,21-,22-,28?/m0/s1. The summed E-state index contributed by atoms with van der Waals surface area (Å²) in [6, 6.07) is 11.0. The van der Waals surface area contributed by atoms with Gasteiger partial charge in [0.2, 0.25) is 11.8 Å². The van der Waals surface area contributed by atoms with Crippen LogP contribution in [0.5, 0.6) is 5.75 Å². The molecule has 39 heavy (non-hydrogen) atoms. The minimum absolute atomic E-state index is 0.0679. The maximum absolute atomic E-state index is 13.7. The van der Waals surface area contributed by atoms with Crippen LogP contribution in [-0.2, 0) is 19.1 Å². The van der Waals surface area contributed by atoms with Crippen LogP contribution in [-0.4, -0.2) is 65.4 Å². The molecule has 5 N–H and O–H groups in total. The lowest BCUT2D eigenvalue weighted by atomic mass is 9.98. The third-order valence-corrected chi connectivity index (χ3v) is 7.89. The van der Waals surface area contributed by atoms with E-state index in [1.54, 1.807) is 24.8 Å². The number of anilines is 2. The normalized spacial score (nSPS) is 19.3. The molecule has 4 rings (SSSR count). The fourth-order valence-corrected chi connectivity index (χ4v) is 5.78. The van der Waals surface area contributed by atoms with Gasteiger partial charge in [0.25, 0.3) is 5.91 Å². The number of fused-ring (bicyclic) bond motifs is 2. The van der Waals surface area contributed by atoms with Crippen LogP contribution in [0.4, 0.5) is 11.4 Å². The molecule has 0 spiro atoms. The predicted octanol–water partition coefficient (Wildman–Crippen LogP) is 3.00. The Morgan fingerprint density at radius 1 is 1.21 bits per heavy atom. The number of aliphatic hydroxyl groups is 1. The fourth-order valence-electron chi connectivity index (χ4n) is 4.81. The minimum Gasteiger partial charge on any atom is -0.484 e. The molecule has 0 saturated carbocycles. The summed E-state index contributed by atoms with van der Waals surface area (Å²) in [6.07, 6.45) is -0.274. The Morgan fingerprint density at radius 2 is 1.95 bits per heavy atom. The molecule has 0 bridgehead atoms. The topological polar surface area (TPSA) is 143 Å². The second-order valence-corrected chi connectivity index (χ2v) is 11.2. The van der Waals surface area contributed by atoms with E-state index in [0.717, 1.165) is 21.2 Å². The molecular weight excluding hydrogens is 520 g/mol. The lowest BCUT2D eigenvalue weighted by Crippen LogP contribution is -2.60. The fraction of sp³-hybridized carbons (Fsp3) is 0.464. The van der Waals surface area contributed by atoms with Crippen LogP contribution < -0.4 is 21.1 Å². The summed E-state index contributed by atoms with van der Waals surface area (Å²) in [5, 5.41) is 16.5. The van der Waals surface area contributed by atoms with Crippen LogP contribution >= 0.6 is 11.8 Å². The van der Waals surface area contributed by atoms with Crippen molar-refractivity contribution in [3.63, 3.8) is 0 Å². The smallest absolute Gasteiger partial charge is 0.258 e. The van der Waals surface area contributed by atoms with Crippen LogP contribution in [0, 0.1) is 5.92 Å². The number of aliphatic hydroxyl groups excluding tert-OH is 1. The molecule has 2 aliphatic heterocycles. The number of carbonyl (C=O) groups is 3. The number of hydrogen-bond donors (Lipinski definition) is 4. The summed E-state index contributed by atoms with van der Waals surface area (Å²) in [4.78, 5) is 42.4. The van der Waals surface area contributed by atoms with E-state index in [1.807, 2.05) is 50.2 Å². The molecule has 210 valence electrons. The number of carbonyl (C=O) groups excluding carboxylic acids is 3. The van der Waals surface area contributed by atoms with Crippen molar-refractivity contribution in [2.45, 2.75) is 74.2 Å². The van der Waals surface area contributed by atoms with Crippen LogP contribution in [0.2, 0.25) is 0 Å². The molecule has 2 aromatic rings. The summed E-state index contributed by atoms with van der Waals surface area (Å²) in [6.45, 7) is 5.55. The third-order valence-electron chi connectivity index (χ3n) is 6.74. The van der Waals surface area contributed by atoms with Crippen LogP contribution in [0.3, 0.4) is 0 Å². The molecule has 4 atom stereocenters. The second-order valence-electron chi connectivity index (χ2n) is 10.1. The quantitative estimate of drug-likeness (QED) is 0.282. The van der Waals surface area contributed by atoms with E-state index < -0.39 is 42.1 Å². The number of primary amides is 1. The molecule has 1 unspecified atom stereocenters. The first-order valence-corrected chi connectivity index (χ1v) is 14.0. The third kappa shape index (κ3) is 6.84. The Bertz CT molecular complexity index is 1210. The first kappa shape index (κ1) is 28.7. The van der Waals surface area contributed by atoms with E-state index >= 15 is 0 Å². The highest BCUT2D eigenvalue weighted by Gasteiger charge is 2.43. The molecule has 0 aliphatic carbocycles. The number of hydrogen-bond acceptors (Lipinski definition) is 8. The number of benzene rings is 2. The lowest BCUT2D eigenvalue weighted by Gasteiger charge is -2.38. The SMILES string of the molecule is CC[C@H](NC(=O)COc1ccc2c(c1)Nc1ccccc1S2)C(=O)N([C@@H](CC(C)C)C(N)=O)[C@H]1CCOC1O. The molecule has 2 aromatic carbocycles. The van der Waals surface area contributed by atoms with Crippen molar-refractivity contribution in [2.24, 2.45) is 11.7 Å². The highest BCUT2D eigenvalue weighted by molar-refractivity contribution is 7.99. The monoisotopic (exact) mass is 556 g/mol. The van der Waals surface area contributed by atoms with E-state index in [2.05, 4.69) is 10.6 Å². The minimum atomic E-state index is -1.23. The summed E-state index contributed by atoms with van der Waals surface area (Å²) >= 11 is 1.65. The molecule has 11 heteroatoms. The lowest BCUT2D eigenvalue weighted by molar-refractivity contribution is -0.155. The molecule has 1 saturated heterocycles. The van der Waals surface area contributed by atoms with Crippen molar-refractivity contribution in [3.05, 3.63) is 42.5 Å². The number of rotatable bonds is 11. The number of para-hydroxylation sites is 1. The van der Waals surface area contributed by atoms with Gasteiger partial charge in [0.05, 0.1) is 24.0 Å². The molecule has 10 nitrogen and oxygen atoms in total. The zero-order valence-electron chi connectivity index (χ0n) is 22.4. The molecule has 1 fully saturated rings. The Labute approximate surface area is 232 Å². The Hall–Kier alpha value is -3.28. The molecule has 2 heterocycles. The molecule has 3 amide bonds. The Kier molecular flexibility index (Phi) is 9.36. The van der Waals surface area contributed by atoms with E-state index in [0.29, 0.717) is 18.6 Å². The number of nitrogens with zero attached hydrogens (tertiary/aromatic N) is 1. The van der Waals surface area contributed by atoms with Gasteiger partial charge in [0.1, 0.15) is 17.8 Å². The van der Waals surface area contributed by atoms with Crippen molar-refractivity contribution >= 4 is 40.9 Å². The molecule has 0 aromatic heterocycles. The number of ether oxygens (including phenoxy) is 2. The first-order chi connectivity index (χ1) is 18.7. The van der Waals surface area contributed by atoms with Gasteiger partial charge < -0.3 is 35.8 Å². The summed E-state index contributed by atoms with van der Waals surface area (Å²) < 4.78 is 11.0. The highest BCUT2D eigenvalue weighted by Crippen LogP contribution is 2.45. The van der Waals surface area contributed by atoms with Gasteiger partial charge in [0.15, 0.2) is 12.9 Å². The molecule has 2 aliphatic rings. The number of nitrogens with one attached hydrogen (secondary N) is 2. The van der Waals surface area contributed by atoms with Gasteiger partial charge in [-0.15, -0.1) is 0 Å². The van der Waals surface area contributed by atoms with Crippen molar-refractivity contribution < 1.29 is 29.0 Å². The van der Waals surface area contributed by atoms with Crippen LogP contribution in [0.15, 0.2) is 52.3 Å². The van der Waals surface area contributed by atoms with Crippen molar-refractivity contribution in [1.29, 1.82) is 0 Å². The maximum atomic E-state index is 13.7. The van der Waals surface area contributed by atoms with Gasteiger partial charge in [-0.1, -0.05) is 44.7 Å². The largest absolute Gasteiger partial charge is 0.484 e. The molecule has 0 radical (unpaired) electrons. The second kappa shape index (κ2) is 12.7. The maximum Gasteiger partial charge on any atom is 0.258 e.